The molecule has 0 spiro atoms. The van der Waals surface area contributed by atoms with Crippen LogP contribution < -0.4 is 9.47 Å². The van der Waals surface area contributed by atoms with E-state index >= 15 is 0 Å². The quantitative estimate of drug-likeness (QED) is 0.334. The lowest BCUT2D eigenvalue weighted by molar-refractivity contribution is -0.385. The van der Waals surface area contributed by atoms with Crippen LogP contribution in [0, 0.1) is 15.9 Å². The van der Waals surface area contributed by atoms with E-state index in [1.807, 2.05) is 0 Å². The van der Waals surface area contributed by atoms with Crippen LogP contribution in [0.2, 0.25) is 0 Å². The Bertz CT molecular complexity index is 749. The molecule has 0 atom stereocenters. The predicted molar refractivity (Wildman–Crippen MR) is 81.8 cm³/mol. The number of rotatable bonds is 7. The fourth-order valence-electron chi connectivity index (χ4n) is 1.86. The Morgan fingerprint density at radius 2 is 1.92 bits per heavy atom. The lowest BCUT2D eigenvalue weighted by Crippen LogP contribution is -2.10. The van der Waals surface area contributed by atoms with E-state index in [0.717, 1.165) is 12.1 Å². The molecule has 8 heteroatoms. The zero-order valence-corrected chi connectivity index (χ0v) is 12.7. The van der Waals surface area contributed by atoms with Crippen LogP contribution in [0.4, 0.5) is 10.1 Å². The van der Waals surface area contributed by atoms with E-state index < -0.39 is 16.7 Å². The van der Waals surface area contributed by atoms with E-state index in [1.54, 1.807) is 18.2 Å². The summed E-state index contributed by atoms with van der Waals surface area (Å²) < 4.78 is 28.8. The molecule has 2 aromatic carbocycles. The molecule has 7 nitrogen and oxygen atoms in total. The number of hydrogen-bond donors (Lipinski definition) is 0. The molecule has 0 aliphatic carbocycles. The standard InChI is InChI=1S/C16H14FNO6/c1-22-16(19)11-3-2-4-13(9-11)23-7-8-24-15-6-5-12(18(20)21)10-14(15)17/h2-6,9-10H,7-8H2,1H3. The molecule has 2 rings (SSSR count). The Morgan fingerprint density at radius 1 is 1.17 bits per heavy atom. The van der Waals surface area contributed by atoms with Crippen LogP contribution in [-0.4, -0.2) is 31.2 Å². The average Bonchev–Trinajstić information content (AvgIpc) is 2.59. The summed E-state index contributed by atoms with van der Waals surface area (Å²) >= 11 is 0. The molecule has 0 saturated carbocycles. The summed E-state index contributed by atoms with van der Waals surface area (Å²) in [6, 6.07) is 9.51. The smallest absolute Gasteiger partial charge is 0.337 e. The van der Waals surface area contributed by atoms with Crippen molar-refractivity contribution >= 4 is 11.7 Å². The number of nitro groups is 1. The fourth-order valence-corrected chi connectivity index (χ4v) is 1.86. The molecule has 0 aliphatic rings. The summed E-state index contributed by atoms with van der Waals surface area (Å²) in [6.07, 6.45) is 0. The number of carbonyl (C=O) groups excluding carboxylic acids is 1. The second kappa shape index (κ2) is 7.91. The zero-order chi connectivity index (χ0) is 17.5. The number of nitro benzene ring substituents is 1. The van der Waals surface area contributed by atoms with Gasteiger partial charge < -0.3 is 14.2 Å². The van der Waals surface area contributed by atoms with Gasteiger partial charge in [-0.3, -0.25) is 10.1 Å². The summed E-state index contributed by atoms with van der Waals surface area (Å²) in [5.41, 5.74) is -0.00643. The number of hydrogen-bond acceptors (Lipinski definition) is 6. The Hall–Kier alpha value is -3.16. The van der Waals surface area contributed by atoms with Crippen LogP contribution in [0.1, 0.15) is 10.4 Å². The molecule has 2 aromatic rings. The number of non-ortho nitro benzene ring substituents is 1. The van der Waals surface area contributed by atoms with Crippen LogP contribution in [0.3, 0.4) is 0 Å². The maximum Gasteiger partial charge on any atom is 0.337 e. The molecule has 0 unspecified atom stereocenters. The van der Waals surface area contributed by atoms with Gasteiger partial charge in [-0.1, -0.05) is 6.07 Å². The van der Waals surface area contributed by atoms with Gasteiger partial charge in [-0.2, -0.15) is 0 Å². The van der Waals surface area contributed by atoms with Crippen LogP contribution in [-0.2, 0) is 4.74 Å². The maximum absolute atomic E-state index is 13.6. The molecule has 0 bridgehead atoms. The molecule has 0 amide bonds. The van der Waals surface area contributed by atoms with Crippen molar-refractivity contribution in [3.8, 4) is 11.5 Å². The first-order chi connectivity index (χ1) is 11.5. The number of esters is 1. The molecular formula is C16H14FNO6. The van der Waals surface area contributed by atoms with Crippen LogP contribution >= 0.6 is 0 Å². The van der Waals surface area contributed by atoms with E-state index in [-0.39, 0.29) is 24.7 Å². The first-order valence-electron chi connectivity index (χ1n) is 6.89. The van der Waals surface area contributed by atoms with Crippen molar-refractivity contribution in [2.75, 3.05) is 20.3 Å². The van der Waals surface area contributed by atoms with Gasteiger partial charge in [0.1, 0.15) is 19.0 Å². The molecule has 0 fully saturated rings. The Kier molecular flexibility index (Phi) is 5.67. The minimum absolute atomic E-state index is 0.0250. The van der Waals surface area contributed by atoms with Crippen molar-refractivity contribution in [1.82, 2.24) is 0 Å². The monoisotopic (exact) mass is 335 g/mol. The maximum atomic E-state index is 13.6. The number of ether oxygens (including phenoxy) is 3. The number of halogens is 1. The third-order valence-corrected chi connectivity index (χ3v) is 2.99. The van der Waals surface area contributed by atoms with Gasteiger partial charge in [-0.25, -0.2) is 9.18 Å². The normalized spacial score (nSPS) is 10.1. The van der Waals surface area contributed by atoms with Gasteiger partial charge in [-0.15, -0.1) is 0 Å². The summed E-state index contributed by atoms with van der Waals surface area (Å²) in [7, 11) is 1.28. The van der Waals surface area contributed by atoms with Gasteiger partial charge in [0.2, 0.25) is 0 Å². The highest BCUT2D eigenvalue weighted by atomic mass is 19.1. The number of carbonyl (C=O) groups is 1. The molecule has 0 aliphatic heterocycles. The molecule has 24 heavy (non-hydrogen) atoms. The molecule has 0 aromatic heterocycles. The van der Waals surface area contributed by atoms with Crippen LogP contribution in [0.25, 0.3) is 0 Å². The summed E-state index contributed by atoms with van der Waals surface area (Å²) in [6.45, 7) is 0.123. The van der Waals surface area contributed by atoms with E-state index in [4.69, 9.17) is 9.47 Å². The third kappa shape index (κ3) is 4.42. The third-order valence-electron chi connectivity index (χ3n) is 2.99. The van der Waals surface area contributed by atoms with Crippen molar-refractivity contribution in [2.24, 2.45) is 0 Å². The molecule has 0 heterocycles. The first kappa shape index (κ1) is 17.2. The number of nitrogens with zero attached hydrogens (tertiary/aromatic N) is 1. The largest absolute Gasteiger partial charge is 0.490 e. The fraction of sp³-hybridized carbons (Fsp3) is 0.188. The van der Waals surface area contributed by atoms with Crippen molar-refractivity contribution in [3.05, 3.63) is 64.0 Å². The number of benzene rings is 2. The van der Waals surface area contributed by atoms with Crippen molar-refractivity contribution in [3.63, 3.8) is 0 Å². The van der Waals surface area contributed by atoms with Gasteiger partial charge in [0.25, 0.3) is 5.69 Å². The molecular weight excluding hydrogens is 321 g/mol. The Morgan fingerprint density at radius 3 is 2.58 bits per heavy atom. The minimum Gasteiger partial charge on any atom is -0.490 e. The van der Waals surface area contributed by atoms with Gasteiger partial charge in [0.05, 0.1) is 23.7 Å². The van der Waals surface area contributed by atoms with Crippen molar-refractivity contribution in [1.29, 1.82) is 0 Å². The minimum atomic E-state index is -0.822. The van der Waals surface area contributed by atoms with Crippen molar-refractivity contribution < 1.29 is 28.3 Å². The molecule has 0 saturated heterocycles. The van der Waals surface area contributed by atoms with Gasteiger partial charge in [-0.05, 0) is 24.3 Å². The molecule has 0 N–H and O–H groups in total. The highest BCUT2D eigenvalue weighted by Crippen LogP contribution is 2.22. The van der Waals surface area contributed by atoms with Crippen molar-refractivity contribution in [2.45, 2.75) is 0 Å². The second-order valence-corrected chi connectivity index (χ2v) is 4.59. The zero-order valence-electron chi connectivity index (χ0n) is 12.7. The summed E-state index contributed by atoms with van der Waals surface area (Å²) in [5.74, 6) is -0.972. The van der Waals surface area contributed by atoms with Gasteiger partial charge in [0.15, 0.2) is 11.6 Å². The summed E-state index contributed by atoms with van der Waals surface area (Å²) in [4.78, 5) is 21.2. The first-order valence-corrected chi connectivity index (χ1v) is 6.89. The molecule has 126 valence electrons. The van der Waals surface area contributed by atoms with Crippen LogP contribution in [0.15, 0.2) is 42.5 Å². The van der Waals surface area contributed by atoms with Gasteiger partial charge >= 0.3 is 5.97 Å². The lowest BCUT2D eigenvalue weighted by atomic mass is 10.2. The van der Waals surface area contributed by atoms with Gasteiger partial charge in [0, 0.05) is 6.07 Å². The molecule has 0 radical (unpaired) electrons. The lowest BCUT2D eigenvalue weighted by Gasteiger charge is -2.09. The van der Waals surface area contributed by atoms with E-state index in [9.17, 15) is 19.3 Å². The van der Waals surface area contributed by atoms with Crippen LogP contribution in [0.5, 0.6) is 11.5 Å². The highest BCUT2D eigenvalue weighted by molar-refractivity contribution is 5.89. The predicted octanol–water partition coefficient (Wildman–Crippen LogP) is 2.98. The Labute approximate surface area is 136 Å². The topological polar surface area (TPSA) is 87.9 Å². The number of methoxy groups -OCH3 is 1. The average molecular weight is 335 g/mol. The Balaban J connectivity index is 1.87. The highest BCUT2D eigenvalue weighted by Gasteiger charge is 2.11. The van der Waals surface area contributed by atoms with E-state index in [0.29, 0.717) is 11.3 Å². The SMILES string of the molecule is COC(=O)c1cccc(OCCOc2ccc([N+](=O)[O-])cc2F)c1. The van der Waals surface area contributed by atoms with E-state index in [1.165, 1.54) is 19.2 Å². The summed E-state index contributed by atoms with van der Waals surface area (Å²) in [5, 5.41) is 10.5. The second-order valence-electron chi connectivity index (χ2n) is 4.59. The van der Waals surface area contributed by atoms with E-state index in [2.05, 4.69) is 4.74 Å².